The summed E-state index contributed by atoms with van der Waals surface area (Å²) >= 11 is 0. The molecule has 2 aromatic rings. The van der Waals surface area contributed by atoms with Gasteiger partial charge in [0.25, 0.3) is 0 Å². The summed E-state index contributed by atoms with van der Waals surface area (Å²) in [6.45, 7) is 4.26. The molecule has 0 amide bonds. The first kappa shape index (κ1) is 20.5. The summed E-state index contributed by atoms with van der Waals surface area (Å²) < 4.78 is 16.7. The lowest BCUT2D eigenvalue weighted by Gasteiger charge is -2.47. The third-order valence-corrected chi connectivity index (χ3v) is 6.36. The van der Waals surface area contributed by atoms with Crippen LogP contribution in [0.4, 0.5) is 0 Å². The third-order valence-electron chi connectivity index (χ3n) is 6.36. The zero-order valence-corrected chi connectivity index (χ0v) is 17.6. The van der Waals surface area contributed by atoms with E-state index in [0.29, 0.717) is 38.7 Å². The maximum absolute atomic E-state index is 11.2. The summed E-state index contributed by atoms with van der Waals surface area (Å²) in [5, 5.41) is 11.2. The molecule has 0 unspecified atom stereocenters. The monoisotopic (exact) mass is 420 g/mol. The molecule has 2 bridgehead atoms. The summed E-state index contributed by atoms with van der Waals surface area (Å²) in [7, 11) is 0. The van der Waals surface area contributed by atoms with Gasteiger partial charge in [-0.3, -0.25) is 4.90 Å². The molecule has 1 aromatic heterocycles. The van der Waals surface area contributed by atoms with E-state index >= 15 is 0 Å². The Balaban J connectivity index is 1.39. The number of hydrogen-bond donors (Lipinski definition) is 1. The number of benzene rings is 1. The molecule has 4 aliphatic heterocycles. The minimum atomic E-state index is -0.938. The molecular weight excluding hydrogens is 392 g/mol. The molecule has 5 heterocycles. The molecule has 6 rings (SSSR count). The number of nitrogens with zero attached hydrogens (tertiary/aromatic N) is 2. The predicted octanol–water partition coefficient (Wildman–Crippen LogP) is 2.23. The lowest BCUT2D eigenvalue weighted by Crippen LogP contribution is -2.58. The van der Waals surface area contributed by atoms with Crippen LogP contribution in [0.1, 0.15) is 29.7 Å². The first-order chi connectivity index (χ1) is 15.2. The molecule has 4 saturated heterocycles. The standard InChI is InChI=1S/C25H28N2O4/c28-25(18-27-12-9-21(25)10-13-27)11-8-20-6-7-23(31-17-24-29-14-15-30-24)26-22(20)16-19-4-2-1-3-5-19/h1-7,21,24,28H,9-10,12-18H2/t25-/m1/s1. The molecule has 1 N–H and O–H groups in total. The fourth-order valence-electron chi connectivity index (χ4n) is 4.61. The second-order valence-electron chi connectivity index (χ2n) is 8.51. The number of rotatable bonds is 5. The zero-order chi connectivity index (χ0) is 21.1. The average Bonchev–Trinajstić information content (AvgIpc) is 3.32. The van der Waals surface area contributed by atoms with Gasteiger partial charge in [-0.15, -0.1) is 0 Å². The van der Waals surface area contributed by atoms with Crippen molar-refractivity contribution in [3.8, 4) is 17.7 Å². The number of aromatic nitrogens is 1. The van der Waals surface area contributed by atoms with E-state index in [9.17, 15) is 5.11 Å². The van der Waals surface area contributed by atoms with Gasteiger partial charge in [0.05, 0.1) is 18.9 Å². The van der Waals surface area contributed by atoms with Crippen LogP contribution in [0, 0.1) is 17.8 Å². The SMILES string of the molecule is O[C@]1(C#Cc2ccc(OCC3OCCO3)nc2Cc2ccccc2)CN2CCC1CC2. The van der Waals surface area contributed by atoms with Gasteiger partial charge in [-0.05, 0) is 37.6 Å². The molecule has 4 fully saturated rings. The molecule has 1 aromatic carbocycles. The maximum Gasteiger partial charge on any atom is 0.213 e. The molecule has 0 saturated carbocycles. The van der Waals surface area contributed by atoms with Crippen molar-refractivity contribution in [2.45, 2.75) is 31.2 Å². The summed E-state index contributed by atoms with van der Waals surface area (Å²) in [6.07, 6.45) is 2.33. The molecule has 31 heavy (non-hydrogen) atoms. The van der Waals surface area contributed by atoms with Gasteiger partial charge in [0.1, 0.15) is 12.2 Å². The highest BCUT2D eigenvalue weighted by Crippen LogP contribution is 2.35. The van der Waals surface area contributed by atoms with E-state index in [1.165, 1.54) is 0 Å². The number of fused-ring (bicyclic) bond motifs is 3. The Morgan fingerprint density at radius 2 is 1.87 bits per heavy atom. The molecule has 162 valence electrons. The van der Waals surface area contributed by atoms with Crippen LogP contribution in [0.5, 0.6) is 5.88 Å². The van der Waals surface area contributed by atoms with Crippen LogP contribution in [0.25, 0.3) is 0 Å². The molecule has 6 nitrogen and oxygen atoms in total. The second-order valence-corrected chi connectivity index (χ2v) is 8.51. The largest absolute Gasteiger partial charge is 0.472 e. The molecule has 6 heteroatoms. The van der Waals surface area contributed by atoms with Gasteiger partial charge < -0.3 is 19.3 Å². The van der Waals surface area contributed by atoms with Gasteiger partial charge in [0.15, 0.2) is 6.29 Å². The van der Waals surface area contributed by atoms with Gasteiger partial charge in [-0.25, -0.2) is 4.98 Å². The van der Waals surface area contributed by atoms with E-state index in [2.05, 4.69) is 28.9 Å². The Kier molecular flexibility index (Phi) is 5.93. The Labute approximate surface area is 183 Å². The van der Waals surface area contributed by atoms with Crippen LogP contribution in [0.15, 0.2) is 42.5 Å². The summed E-state index contributed by atoms with van der Waals surface area (Å²) in [5.41, 5.74) is 1.88. The first-order valence-electron chi connectivity index (χ1n) is 11.1. The number of aliphatic hydroxyl groups is 1. The quantitative estimate of drug-likeness (QED) is 0.749. The Morgan fingerprint density at radius 1 is 1.10 bits per heavy atom. The molecule has 0 aliphatic carbocycles. The smallest absolute Gasteiger partial charge is 0.213 e. The van der Waals surface area contributed by atoms with Crippen molar-refractivity contribution in [3.63, 3.8) is 0 Å². The molecule has 0 spiro atoms. The zero-order valence-electron chi connectivity index (χ0n) is 17.6. The topological polar surface area (TPSA) is 64.0 Å². The summed E-state index contributed by atoms with van der Waals surface area (Å²) in [5.74, 6) is 7.25. The van der Waals surface area contributed by atoms with E-state index in [-0.39, 0.29) is 12.2 Å². The summed E-state index contributed by atoms with van der Waals surface area (Å²) in [6, 6.07) is 14.0. The Morgan fingerprint density at radius 3 is 2.58 bits per heavy atom. The highest BCUT2D eigenvalue weighted by atomic mass is 16.7. The van der Waals surface area contributed by atoms with Gasteiger partial charge >= 0.3 is 0 Å². The van der Waals surface area contributed by atoms with Crippen molar-refractivity contribution in [1.29, 1.82) is 0 Å². The minimum absolute atomic E-state index is 0.254. The first-order valence-corrected chi connectivity index (χ1v) is 11.1. The van der Waals surface area contributed by atoms with Crippen LogP contribution >= 0.6 is 0 Å². The van der Waals surface area contributed by atoms with E-state index in [0.717, 1.165) is 42.8 Å². The third kappa shape index (κ3) is 4.76. The van der Waals surface area contributed by atoms with Crippen molar-refractivity contribution < 1.29 is 19.3 Å². The van der Waals surface area contributed by atoms with Crippen LogP contribution in [-0.4, -0.2) is 66.3 Å². The lowest BCUT2D eigenvalue weighted by molar-refractivity contribution is -0.0713. The van der Waals surface area contributed by atoms with Gasteiger partial charge in [-0.2, -0.15) is 0 Å². The number of piperidine rings is 3. The fourth-order valence-corrected chi connectivity index (χ4v) is 4.61. The van der Waals surface area contributed by atoms with Crippen LogP contribution in [-0.2, 0) is 15.9 Å². The maximum atomic E-state index is 11.2. The van der Waals surface area contributed by atoms with E-state index < -0.39 is 5.60 Å². The van der Waals surface area contributed by atoms with Crippen molar-refractivity contribution in [3.05, 3.63) is 59.3 Å². The van der Waals surface area contributed by atoms with Gasteiger partial charge in [0.2, 0.25) is 5.88 Å². The molecular formula is C25H28N2O4. The van der Waals surface area contributed by atoms with E-state index in [4.69, 9.17) is 19.2 Å². The number of pyridine rings is 1. The van der Waals surface area contributed by atoms with Crippen molar-refractivity contribution in [1.82, 2.24) is 9.88 Å². The van der Waals surface area contributed by atoms with Crippen LogP contribution < -0.4 is 4.74 Å². The Hall–Kier alpha value is -2.43. The second kappa shape index (κ2) is 8.97. The number of hydrogen-bond acceptors (Lipinski definition) is 6. The highest BCUT2D eigenvalue weighted by molar-refractivity contribution is 5.44. The molecule has 4 aliphatic rings. The normalized spacial score (nSPS) is 27.6. The average molecular weight is 421 g/mol. The van der Waals surface area contributed by atoms with Crippen LogP contribution in [0.3, 0.4) is 0 Å². The molecule has 0 radical (unpaired) electrons. The van der Waals surface area contributed by atoms with Gasteiger partial charge in [0, 0.05) is 30.5 Å². The molecule has 1 atom stereocenters. The van der Waals surface area contributed by atoms with Crippen molar-refractivity contribution in [2.24, 2.45) is 5.92 Å². The lowest BCUT2D eigenvalue weighted by atomic mass is 9.75. The van der Waals surface area contributed by atoms with Crippen molar-refractivity contribution in [2.75, 3.05) is 39.5 Å². The van der Waals surface area contributed by atoms with Crippen LogP contribution in [0.2, 0.25) is 0 Å². The summed E-state index contributed by atoms with van der Waals surface area (Å²) in [4.78, 5) is 7.04. The van der Waals surface area contributed by atoms with Crippen molar-refractivity contribution >= 4 is 0 Å². The van der Waals surface area contributed by atoms with E-state index in [1.54, 1.807) is 0 Å². The number of ether oxygens (including phenoxy) is 3. The minimum Gasteiger partial charge on any atom is -0.472 e. The highest BCUT2D eigenvalue weighted by Gasteiger charge is 2.44. The van der Waals surface area contributed by atoms with Gasteiger partial charge in [-0.1, -0.05) is 42.2 Å². The predicted molar refractivity (Wildman–Crippen MR) is 116 cm³/mol. The van der Waals surface area contributed by atoms with E-state index in [1.807, 2.05) is 30.3 Å². The Bertz CT molecular complexity index is 956. The fraction of sp³-hybridized carbons (Fsp3) is 0.480.